The highest BCUT2D eigenvalue weighted by atomic mass is 19.1. The van der Waals surface area contributed by atoms with Crippen molar-refractivity contribution in [2.24, 2.45) is 0 Å². The Kier molecular flexibility index (Phi) is 5.54. The van der Waals surface area contributed by atoms with E-state index in [1.807, 2.05) is 33.8 Å². The summed E-state index contributed by atoms with van der Waals surface area (Å²) in [6.45, 7) is 14.7. The van der Waals surface area contributed by atoms with E-state index >= 15 is 4.39 Å². The summed E-state index contributed by atoms with van der Waals surface area (Å²) in [6.07, 6.45) is 1.21. The lowest BCUT2D eigenvalue weighted by molar-refractivity contribution is 0.00578. The number of nitrogens with one attached hydrogen (secondary N) is 2. The van der Waals surface area contributed by atoms with E-state index in [9.17, 15) is 4.79 Å². The molecule has 1 fully saturated rings. The van der Waals surface area contributed by atoms with Crippen LogP contribution in [0.1, 0.15) is 61.0 Å². The van der Waals surface area contributed by atoms with Crippen molar-refractivity contribution in [1.82, 2.24) is 4.98 Å². The summed E-state index contributed by atoms with van der Waals surface area (Å²) >= 11 is 0. The van der Waals surface area contributed by atoms with Crippen molar-refractivity contribution in [2.75, 3.05) is 5.32 Å². The maximum Gasteiger partial charge on any atom is 0.525 e. The van der Waals surface area contributed by atoms with Crippen LogP contribution < -0.4 is 5.32 Å². The maximum atomic E-state index is 15.2. The van der Waals surface area contributed by atoms with Crippen LogP contribution in [0, 0.1) is 0 Å². The summed E-state index contributed by atoms with van der Waals surface area (Å²) in [5.74, 6) is 0. The zero-order valence-corrected chi connectivity index (χ0v) is 18.9. The van der Waals surface area contributed by atoms with Crippen molar-refractivity contribution in [1.29, 1.82) is 0 Å². The molecule has 0 spiro atoms. The van der Waals surface area contributed by atoms with Crippen molar-refractivity contribution in [2.45, 2.75) is 72.2 Å². The second-order valence-corrected chi connectivity index (χ2v) is 9.65. The maximum absolute atomic E-state index is 15.2. The summed E-state index contributed by atoms with van der Waals surface area (Å²) in [5, 5.41) is 3.54. The molecular formula is C22H30BFN2O4. The van der Waals surface area contributed by atoms with E-state index in [0.29, 0.717) is 16.8 Å². The van der Waals surface area contributed by atoms with Crippen LogP contribution in [0.5, 0.6) is 0 Å². The first-order valence-electron chi connectivity index (χ1n) is 10.0. The van der Waals surface area contributed by atoms with Crippen molar-refractivity contribution in [3.63, 3.8) is 0 Å². The average molecular weight is 416 g/mol. The summed E-state index contributed by atoms with van der Waals surface area (Å²) in [5.41, 5.74) is 0.230. The van der Waals surface area contributed by atoms with Gasteiger partial charge in [-0.3, -0.25) is 5.32 Å². The van der Waals surface area contributed by atoms with Gasteiger partial charge in [0, 0.05) is 28.4 Å². The number of carbonyl (C=O) groups is 1. The molecule has 1 aromatic carbocycles. The molecule has 0 atom stereocenters. The van der Waals surface area contributed by atoms with Crippen LogP contribution in [0.3, 0.4) is 0 Å². The molecule has 1 amide bonds. The predicted molar refractivity (Wildman–Crippen MR) is 118 cm³/mol. The van der Waals surface area contributed by atoms with Crippen LogP contribution in [0.15, 0.2) is 30.1 Å². The first-order chi connectivity index (χ1) is 13.7. The van der Waals surface area contributed by atoms with Gasteiger partial charge in [-0.25, -0.2) is 9.18 Å². The lowest BCUT2D eigenvalue weighted by Crippen LogP contribution is -2.41. The number of H-pyrrole nitrogens is 1. The van der Waals surface area contributed by atoms with Gasteiger partial charge in [-0.1, -0.05) is 6.07 Å². The van der Waals surface area contributed by atoms with Crippen LogP contribution in [0.2, 0.25) is 0 Å². The number of aromatic amines is 1. The Balaban J connectivity index is 1.85. The number of anilines is 1. The van der Waals surface area contributed by atoms with E-state index in [1.54, 1.807) is 46.0 Å². The van der Waals surface area contributed by atoms with Gasteiger partial charge in [0.05, 0.1) is 11.2 Å². The highest BCUT2D eigenvalue weighted by Crippen LogP contribution is 2.40. The molecule has 0 saturated carbocycles. The molecule has 0 bridgehead atoms. The largest absolute Gasteiger partial charge is 0.525 e. The molecule has 1 aliphatic rings. The summed E-state index contributed by atoms with van der Waals surface area (Å²) in [7, 11) is -1.05. The minimum absolute atomic E-state index is 0.438. The third-order valence-electron chi connectivity index (χ3n) is 5.55. The predicted octanol–water partition coefficient (Wildman–Crippen LogP) is 5.85. The van der Waals surface area contributed by atoms with Gasteiger partial charge in [-0.15, -0.1) is 0 Å². The zero-order valence-electron chi connectivity index (χ0n) is 18.9. The molecule has 162 valence electrons. The van der Waals surface area contributed by atoms with Gasteiger partial charge in [-0.2, -0.15) is 0 Å². The van der Waals surface area contributed by atoms with Crippen LogP contribution in [-0.2, 0) is 14.0 Å². The highest BCUT2D eigenvalue weighted by Gasteiger charge is 2.53. The molecule has 2 N–H and O–H groups in total. The molecule has 1 aliphatic heterocycles. The molecule has 3 rings (SSSR count). The molecule has 0 radical (unpaired) electrons. The molecule has 6 nitrogen and oxygen atoms in total. The Hall–Kier alpha value is -2.32. The number of hydrogen-bond donors (Lipinski definition) is 2. The van der Waals surface area contributed by atoms with Gasteiger partial charge < -0.3 is 19.0 Å². The zero-order chi connectivity index (χ0) is 22.5. The quantitative estimate of drug-likeness (QED) is 0.616. The van der Waals surface area contributed by atoms with E-state index in [-0.39, 0.29) is 0 Å². The van der Waals surface area contributed by atoms with E-state index in [2.05, 4.69) is 10.3 Å². The lowest BCUT2D eigenvalue weighted by Gasteiger charge is -2.32. The number of carbonyl (C=O) groups excluding carboxylic acids is 1. The minimum atomic E-state index is -1.05. The van der Waals surface area contributed by atoms with E-state index < -0.39 is 35.7 Å². The monoisotopic (exact) mass is 416 g/mol. The number of ether oxygens (including phenoxy) is 1. The minimum Gasteiger partial charge on any atom is -0.444 e. The summed E-state index contributed by atoms with van der Waals surface area (Å²) in [6, 6.07) is 5.36. The van der Waals surface area contributed by atoms with Crippen molar-refractivity contribution in [3.8, 4) is 0 Å². The highest BCUT2D eigenvalue weighted by molar-refractivity contribution is 6.55. The number of amides is 1. The third-order valence-corrected chi connectivity index (χ3v) is 5.55. The second-order valence-electron chi connectivity index (χ2n) is 9.65. The molecular weight excluding hydrogens is 386 g/mol. The molecule has 1 saturated heterocycles. The van der Waals surface area contributed by atoms with Gasteiger partial charge in [0.1, 0.15) is 11.3 Å². The standard InChI is InChI=1S/C22H30BFN2O4/c1-13(18(24)23-29-21(5,6)22(7,8)30-23)16-12-25-17-11-14(9-10-15(16)17)26-19(27)28-20(2,3)4/h9-12,25H,1-8H3,(H,26,27). The van der Waals surface area contributed by atoms with Gasteiger partial charge in [0.2, 0.25) is 0 Å². The Morgan fingerprint density at radius 2 is 1.77 bits per heavy atom. The molecule has 0 unspecified atom stereocenters. The first kappa shape index (κ1) is 22.4. The van der Waals surface area contributed by atoms with Crippen LogP contribution in [0.25, 0.3) is 16.5 Å². The van der Waals surface area contributed by atoms with E-state index in [0.717, 1.165) is 10.9 Å². The summed E-state index contributed by atoms with van der Waals surface area (Å²) < 4.78 is 32.2. The van der Waals surface area contributed by atoms with Gasteiger partial charge in [0.25, 0.3) is 0 Å². The molecule has 30 heavy (non-hydrogen) atoms. The number of benzene rings is 1. The Labute approximate surface area is 177 Å². The Bertz CT molecular complexity index is 988. The molecule has 8 heteroatoms. The SMILES string of the molecule is CC(=C(F)B1OC(C)(C)C(C)(C)O1)c1c[nH]c2cc(NC(=O)OC(C)(C)C)ccc12. The van der Waals surface area contributed by atoms with Crippen molar-refractivity contribution < 1.29 is 23.2 Å². The molecule has 2 aromatic rings. The fourth-order valence-electron chi connectivity index (χ4n) is 3.19. The topological polar surface area (TPSA) is 72.6 Å². The van der Waals surface area contributed by atoms with Crippen LogP contribution >= 0.6 is 0 Å². The van der Waals surface area contributed by atoms with Crippen molar-refractivity contribution in [3.05, 3.63) is 35.7 Å². The van der Waals surface area contributed by atoms with Crippen LogP contribution in [-0.4, -0.2) is 35.0 Å². The number of rotatable bonds is 3. The first-order valence-corrected chi connectivity index (χ1v) is 10.0. The van der Waals surface area contributed by atoms with E-state index in [4.69, 9.17) is 14.0 Å². The molecule has 1 aromatic heterocycles. The number of aromatic nitrogens is 1. The fourth-order valence-corrected chi connectivity index (χ4v) is 3.19. The van der Waals surface area contributed by atoms with Gasteiger partial charge in [0.15, 0.2) is 0 Å². The molecule has 2 heterocycles. The fraction of sp³-hybridized carbons (Fsp3) is 0.500. The summed E-state index contributed by atoms with van der Waals surface area (Å²) in [4.78, 5) is 15.1. The Morgan fingerprint density at radius 3 is 2.33 bits per heavy atom. The lowest BCUT2D eigenvalue weighted by atomic mass is 9.83. The van der Waals surface area contributed by atoms with Gasteiger partial charge >= 0.3 is 13.2 Å². The Morgan fingerprint density at radius 1 is 1.17 bits per heavy atom. The average Bonchev–Trinajstić information content (AvgIpc) is 3.09. The number of halogens is 1. The smallest absolute Gasteiger partial charge is 0.444 e. The number of hydrogen-bond acceptors (Lipinski definition) is 4. The number of allylic oxidation sites excluding steroid dienone is 1. The number of fused-ring (bicyclic) bond motifs is 1. The van der Waals surface area contributed by atoms with E-state index in [1.165, 1.54) is 0 Å². The van der Waals surface area contributed by atoms with Crippen molar-refractivity contribution >= 4 is 35.4 Å². The third kappa shape index (κ3) is 4.39. The van der Waals surface area contributed by atoms with Crippen LogP contribution in [0.4, 0.5) is 14.9 Å². The molecule has 0 aliphatic carbocycles. The second kappa shape index (κ2) is 7.43. The normalized spacial score (nSPS) is 19.0. The van der Waals surface area contributed by atoms with Gasteiger partial charge in [-0.05, 0) is 73.1 Å².